The zero-order valence-corrected chi connectivity index (χ0v) is 18.0. The number of hydrogen-bond acceptors (Lipinski definition) is 4. The number of pyridine rings is 1. The van der Waals surface area contributed by atoms with E-state index in [1.54, 1.807) is 12.4 Å². The fraction of sp³-hybridized carbons (Fsp3) is 0.269. The summed E-state index contributed by atoms with van der Waals surface area (Å²) in [6.07, 6.45) is 8.10. The van der Waals surface area contributed by atoms with E-state index in [-0.39, 0.29) is 11.9 Å². The SMILES string of the molecule is Cc1c(Cc2ccc(-n3cccn3)cc2)cc(C(=O)N[C@H]2CCC[C@@H]2O)c2ncccc12. The van der Waals surface area contributed by atoms with Gasteiger partial charge >= 0.3 is 0 Å². The molecule has 0 unspecified atom stereocenters. The normalized spacial score (nSPS) is 18.2. The van der Waals surface area contributed by atoms with Gasteiger partial charge in [-0.1, -0.05) is 18.2 Å². The third-order valence-corrected chi connectivity index (χ3v) is 6.41. The highest BCUT2D eigenvalue weighted by Crippen LogP contribution is 2.27. The average Bonchev–Trinajstić information content (AvgIpc) is 3.49. The van der Waals surface area contributed by atoms with E-state index >= 15 is 0 Å². The molecule has 0 saturated heterocycles. The molecule has 2 N–H and O–H groups in total. The molecule has 6 heteroatoms. The van der Waals surface area contributed by atoms with Crippen LogP contribution in [0.4, 0.5) is 0 Å². The van der Waals surface area contributed by atoms with Gasteiger partial charge in [-0.25, -0.2) is 4.68 Å². The number of fused-ring (bicyclic) bond motifs is 1. The van der Waals surface area contributed by atoms with Gasteiger partial charge in [0.25, 0.3) is 5.91 Å². The quantitative estimate of drug-likeness (QED) is 0.506. The van der Waals surface area contributed by atoms with Gasteiger partial charge in [0.15, 0.2) is 0 Å². The molecule has 2 atom stereocenters. The molecule has 32 heavy (non-hydrogen) atoms. The Morgan fingerprint density at radius 2 is 2.00 bits per heavy atom. The van der Waals surface area contributed by atoms with Crippen molar-refractivity contribution < 1.29 is 9.90 Å². The zero-order chi connectivity index (χ0) is 22.1. The monoisotopic (exact) mass is 426 g/mol. The van der Waals surface area contributed by atoms with Crippen LogP contribution in [0.2, 0.25) is 0 Å². The molecule has 2 aromatic heterocycles. The summed E-state index contributed by atoms with van der Waals surface area (Å²) in [6, 6.07) is 15.9. The van der Waals surface area contributed by atoms with Crippen molar-refractivity contribution in [3.63, 3.8) is 0 Å². The number of rotatable bonds is 5. The highest BCUT2D eigenvalue weighted by molar-refractivity contribution is 6.06. The second kappa shape index (κ2) is 8.55. The number of aliphatic hydroxyl groups is 1. The third-order valence-electron chi connectivity index (χ3n) is 6.41. The summed E-state index contributed by atoms with van der Waals surface area (Å²) in [5.74, 6) is -0.171. The smallest absolute Gasteiger partial charge is 0.253 e. The van der Waals surface area contributed by atoms with E-state index in [1.165, 1.54) is 0 Å². The Hall–Kier alpha value is -3.51. The molecule has 162 valence electrons. The van der Waals surface area contributed by atoms with Gasteiger partial charge in [-0.3, -0.25) is 9.78 Å². The van der Waals surface area contributed by atoms with E-state index in [2.05, 4.69) is 46.6 Å². The number of carbonyl (C=O) groups is 1. The molecule has 5 rings (SSSR count). The van der Waals surface area contributed by atoms with Crippen LogP contribution in [-0.4, -0.2) is 37.9 Å². The number of aromatic nitrogens is 3. The zero-order valence-electron chi connectivity index (χ0n) is 18.0. The van der Waals surface area contributed by atoms with E-state index in [4.69, 9.17) is 0 Å². The molecule has 0 radical (unpaired) electrons. The Morgan fingerprint density at radius 1 is 1.16 bits per heavy atom. The van der Waals surface area contributed by atoms with Crippen molar-refractivity contribution in [2.45, 2.75) is 44.8 Å². The summed E-state index contributed by atoms with van der Waals surface area (Å²) in [5.41, 5.74) is 5.65. The highest BCUT2D eigenvalue weighted by Gasteiger charge is 2.28. The predicted octanol–water partition coefficient (Wildman–Crippen LogP) is 3.96. The van der Waals surface area contributed by atoms with Crippen LogP contribution >= 0.6 is 0 Å². The first-order chi connectivity index (χ1) is 15.6. The molecule has 1 aliphatic rings. The van der Waals surface area contributed by atoms with Gasteiger partial charge in [0.2, 0.25) is 0 Å². The molecule has 1 amide bonds. The molecule has 0 bridgehead atoms. The highest BCUT2D eigenvalue weighted by atomic mass is 16.3. The van der Waals surface area contributed by atoms with Crippen molar-refractivity contribution >= 4 is 16.8 Å². The van der Waals surface area contributed by atoms with Crippen molar-refractivity contribution in [2.75, 3.05) is 0 Å². The lowest BCUT2D eigenvalue weighted by Gasteiger charge is -2.18. The molecular formula is C26H26N4O2. The lowest BCUT2D eigenvalue weighted by Crippen LogP contribution is -2.40. The standard InChI is InChI=1S/C26H26N4O2/c1-17-19(15-18-8-10-20(11-9-18)30-14-4-13-28-30)16-22(25-21(17)5-3-12-27-25)26(32)29-23-6-2-7-24(23)31/h3-5,8-14,16,23-24,31H,2,6-7,15H2,1H3,(H,29,32)/t23-,24-/m0/s1. The summed E-state index contributed by atoms with van der Waals surface area (Å²) < 4.78 is 1.83. The summed E-state index contributed by atoms with van der Waals surface area (Å²) in [7, 11) is 0. The van der Waals surface area contributed by atoms with Gasteiger partial charge in [-0.2, -0.15) is 5.10 Å². The van der Waals surface area contributed by atoms with Crippen molar-refractivity contribution in [2.24, 2.45) is 0 Å². The van der Waals surface area contributed by atoms with Crippen LogP contribution in [0.3, 0.4) is 0 Å². The van der Waals surface area contributed by atoms with Gasteiger partial charge in [-0.05, 0) is 79.6 Å². The Balaban J connectivity index is 1.47. The lowest BCUT2D eigenvalue weighted by atomic mass is 9.93. The molecule has 0 spiro atoms. The number of benzene rings is 2. The second-order valence-corrected chi connectivity index (χ2v) is 8.48. The number of aliphatic hydroxyl groups excluding tert-OH is 1. The molecule has 0 aliphatic heterocycles. The fourth-order valence-electron chi connectivity index (χ4n) is 4.57. The van der Waals surface area contributed by atoms with Crippen molar-refractivity contribution in [3.05, 3.63) is 89.4 Å². The number of carbonyl (C=O) groups excluding carboxylic acids is 1. The molecule has 1 fully saturated rings. The van der Waals surface area contributed by atoms with Crippen molar-refractivity contribution in [1.29, 1.82) is 0 Å². The predicted molar refractivity (Wildman–Crippen MR) is 124 cm³/mol. The van der Waals surface area contributed by atoms with Gasteiger partial charge in [0, 0.05) is 24.0 Å². The maximum Gasteiger partial charge on any atom is 0.253 e. The molecule has 6 nitrogen and oxygen atoms in total. The van der Waals surface area contributed by atoms with Crippen LogP contribution in [0.1, 0.15) is 46.3 Å². The van der Waals surface area contributed by atoms with E-state index in [1.807, 2.05) is 35.1 Å². The van der Waals surface area contributed by atoms with Gasteiger partial charge < -0.3 is 10.4 Å². The first-order valence-electron chi connectivity index (χ1n) is 11.1. The Labute approximate surface area is 186 Å². The molecule has 2 aromatic carbocycles. The molecular weight excluding hydrogens is 400 g/mol. The summed E-state index contributed by atoms with van der Waals surface area (Å²) >= 11 is 0. The van der Waals surface area contributed by atoms with Crippen LogP contribution in [0.5, 0.6) is 0 Å². The summed E-state index contributed by atoms with van der Waals surface area (Å²) in [4.78, 5) is 17.7. The van der Waals surface area contributed by atoms with Gasteiger partial charge in [0.1, 0.15) is 0 Å². The molecule has 2 heterocycles. The topological polar surface area (TPSA) is 80.0 Å². The maximum absolute atomic E-state index is 13.2. The van der Waals surface area contributed by atoms with Crippen LogP contribution in [-0.2, 0) is 6.42 Å². The van der Waals surface area contributed by atoms with E-state index in [9.17, 15) is 9.90 Å². The minimum Gasteiger partial charge on any atom is -0.391 e. The summed E-state index contributed by atoms with van der Waals surface area (Å²) in [5, 5.41) is 18.4. The molecule has 1 saturated carbocycles. The fourth-order valence-corrected chi connectivity index (χ4v) is 4.57. The first-order valence-corrected chi connectivity index (χ1v) is 11.1. The number of hydrogen-bond donors (Lipinski definition) is 2. The number of amides is 1. The van der Waals surface area contributed by atoms with Crippen LogP contribution in [0.25, 0.3) is 16.6 Å². The third kappa shape index (κ3) is 3.89. The Morgan fingerprint density at radius 3 is 2.72 bits per heavy atom. The summed E-state index contributed by atoms with van der Waals surface area (Å²) in [6.45, 7) is 2.08. The minimum atomic E-state index is -0.476. The van der Waals surface area contributed by atoms with Crippen LogP contribution in [0.15, 0.2) is 67.1 Å². The Kier molecular flexibility index (Phi) is 5.45. The van der Waals surface area contributed by atoms with E-state index in [0.29, 0.717) is 17.5 Å². The van der Waals surface area contributed by atoms with Crippen molar-refractivity contribution in [1.82, 2.24) is 20.1 Å². The largest absolute Gasteiger partial charge is 0.391 e. The van der Waals surface area contributed by atoms with Crippen molar-refractivity contribution in [3.8, 4) is 5.69 Å². The Bertz CT molecular complexity index is 1250. The number of nitrogens with zero attached hydrogens (tertiary/aromatic N) is 3. The lowest BCUT2D eigenvalue weighted by molar-refractivity contribution is 0.0874. The maximum atomic E-state index is 13.2. The van der Waals surface area contributed by atoms with Gasteiger partial charge in [0.05, 0.1) is 28.9 Å². The van der Waals surface area contributed by atoms with Crippen LogP contribution < -0.4 is 5.32 Å². The minimum absolute atomic E-state index is 0.171. The first kappa shape index (κ1) is 20.4. The number of aryl methyl sites for hydroxylation is 1. The van der Waals surface area contributed by atoms with E-state index in [0.717, 1.165) is 47.0 Å². The average molecular weight is 427 g/mol. The van der Waals surface area contributed by atoms with Gasteiger partial charge in [-0.15, -0.1) is 0 Å². The second-order valence-electron chi connectivity index (χ2n) is 8.48. The number of nitrogens with one attached hydrogen (secondary N) is 1. The van der Waals surface area contributed by atoms with E-state index < -0.39 is 6.10 Å². The van der Waals surface area contributed by atoms with Crippen LogP contribution in [0, 0.1) is 6.92 Å². The molecule has 1 aliphatic carbocycles. The molecule has 4 aromatic rings.